The Labute approximate surface area is 94.3 Å². The van der Waals surface area contributed by atoms with Gasteiger partial charge in [-0.2, -0.15) is 5.10 Å². The maximum Gasteiger partial charge on any atom is 0.332 e. The van der Waals surface area contributed by atoms with E-state index in [0.717, 1.165) is 11.3 Å². The van der Waals surface area contributed by atoms with Crippen LogP contribution in [0.25, 0.3) is 0 Å². The summed E-state index contributed by atoms with van der Waals surface area (Å²) >= 11 is 0. The van der Waals surface area contributed by atoms with Crippen molar-refractivity contribution in [3.05, 3.63) is 29.8 Å². The van der Waals surface area contributed by atoms with E-state index in [2.05, 4.69) is 10.5 Å². The summed E-state index contributed by atoms with van der Waals surface area (Å²) in [6.07, 6.45) is 1.65. The van der Waals surface area contributed by atoms with Crippen LogP contribution in [0.3, 0.4) is 0 Å². The van der Waals surface area contributed by atoms with E-state index in [0.29, 0.717) is 0 Å². The monoisotopic (exact) mass is 221 g/mol. The lowest BCUT2D eigenvalue weighted by Gasteiger charge is -2.08. The molecule has 0 saturated heterocycles. The summed E-state index contributed by atoms with van der Waals surface area (Å²) in [6, 6.07) is 6.67. The molecular formula is C11H15N3O2. The summed E-state index contributed by atoms with van der Waals surface area (Å²) < 4.78 is 5.48. The number of nitrogens with zero attached hydrogens (tertiary/aromatic N) is 1. The molecule has 5 nitrogen and oxygen atoms in total. The minimum atomic E-state index is -0.684. The first-order chi connectivity index (χ1) is 7.58. The zero-order chi connectivity index (χ0) is 12.0. The number of ether oxygens (including phenoxy) is 1. The molecule has 16 heavy (non-hydrogen) atoms. The van der Waals surface area contributed by atoms with Gasteiger partial charge < -0.3 is 10.5 Å². The fourth-order valence-corrected chi connectivity index (χ4v) is 1.08. The SMILES string of the molecule is CC(C)Oc1ccc(/C=N/NC(N)=O)cc1. The van der Waals surface area contributed by atoms with Gasteiger partial charge in [-0.15, -0.1) is 0 Å². The zero-order valence-electron chi connectivity index (χ0n) is 9.31. The standard InChI is InChI=1S/C11H15N3O2/c1-8(2)16-10-5-3-9(4-6-10)7-13-14-11(12)15/h3-8H,1-2H3,(H3,12,14,15)/b13-7+. The Bertz CT molecular complexity index is 371. The van der Waals surface area contributed by atoms with Gasteiger partial charge in [-0.1, -0.05) is 0 Å². The van der Waals surface area contributed by atoms with Crippen molar-refractivity contribution in [1.29, 1.82) is 0 Å². The molecule has 86 valence electrons. The largest absolute Gasteiger partial charge is 0.491 e. The second kappa shape index (κ2) is 5.75. The number of nitrogens with one attached hydrogen (secondary N) is 1. The van der Waals surface area contributed by atoms with Crippen molar-refractivity contribution in [3.63, 3.8) is 0 Å². The lowest BCUT2D eigenvalue weighted by atomic mass is 10.2. The molecule has 5 heteroatoms. The highest BCUT2D eigenvalue weighted by Gasteiger charge is 1.96. The van der Waals surface area contributed by atoms with E-state index in [1.165, 1.54) is 6.21 Å². The lowest BCUT2D eigenvalue weighted by Crippen LogP contribution is -2.24. The summed E-state index contributed by atoms with van der Waals surface area (Å²) in [4.78, 5) is 10.3. The van der Waals surface area contributed by atoms with Gasteiger partial charge in [0.05, 0.1) is 12.3 Å². The van der Waals surface area contributed by atoms with Crippen LogP contribution in [0.1, 0.15) is 19.4 Å². The van der Waals surface area contributed by atoms with E-state index in [1.54, 1.807) is 0 Å². The average molecular weight is 221 g/mol. The minimum Gasteiger partial charge on any atom is -0.491 e. The number of benzene rings is 1. The molecule has 3 N–H and O–H groups in total. The van der Waals surface area contributed by atoms with Gasteiger partial charge in [-0.25, -0.2) is 10.2 Å². The van der Waals surface area contributed by atoms with E-state index in [1.807, 2.05) is 38.1 Å². The highest BCUT2D eigenvalue weighted by molar-refractivity contribution is 5.81. The third-order valence-electron chi connectivity index (χ3n) is 1.64. The third kappa shape index (κ3) is 4.45. The number of hydrazone groups is 1. The molecule has 0 heterocycles. The molecule has 2 amide bonds. The Balaban J connectivity index is 2.57. The van der Waals surface area contributed by atoms with Crippen LogP contribution in [0.15, 0.2) is 29.4 Å². The van der Waals surface area contributed by atoms with Crippen LogP contribution in [-0.2, 0) is 0 Å². The topological polar surface area (TPSA) is 76.7 Å². The van der Waals surface area contributed by atoms with E-state index < -0.39 is 6.03 Å². The Morgan fingerprint density at radius 1 is 1.44 bits per heavy atom. The molecular weight excluding hydrogens is 206 g/mol. The number of amides is 2. The van der Waals surface area contributed by atoms with Gasteiger partial charge in [-0.05, 0) is 43.7 Å². The average Bonchev–Trinajstić information content (AvgIpc) is 2.19. The summed E-state index contributed by atoms with van der Waals surface area (Å²) in [6.45, 7) is 3.93. The highest BCUT2D eigenvalue weighted by atomic mass is 16.5. The second-order valence-electron chi connectivity index (χ2n) is 3.47. The summed E-state index contributed by atoms with van der Waals surface area (Å²) in [5, 5.41) is 3.64. The van der Waals surface area contributed by atoms with E-state index in [9.17, 15) is 4.79 Å². The lowest BCUT2D eigenvalue weighted by molar-refractivity contribution is 0.242. The molecule has 1 aromatic rings. The van der Waals surface area contributed by atoms with Crippen molar-refractivity contribution in [3.8, 4) is 5.75 Å². The number of hydrogen-bond donors (Lipinski definition) is 2. The normalized spacial score (nSPS) is 10.7. The third-order valence-corrected chi connectivity index (χ3v) is 1.64. The van der Waals surface area contributed by atoms with Gasteiger partial charge in [0.25, 0.3) is 0 Å². The Morgan fingerprint density at radius 3 is 2.56 bits per heavy atom. The molecule has 0 spiro atoms. The van der Waals surface area contributed by atoms with Gasteiger partial charge >= 0.3 is 6.03 Å². The van der Waals surface area contributed by atoms with Crippen molar-refractivity contribution in [2.75, 3.05) is 0 Å². The maximum atomic E-state index is 10.3. The van der Waals surface area contributed by atoms with Crippen molar-refractivity contribution in [2.24, 2.45) is 10.8 Å². The molecule has 1 aromatic carbocycles. The predicted molar refractivity (Wildman–Crippen MR) is 62.5 cm³/mol. The first kappa shape index (κ1) is 12.0. The molecule has 0 bridgehead atoms. The first-order valence-corrected chi connectivity index (χ1v) is 4.93. The van der Waals surface area contributed by atoms with Crippen LogP contribution in [0.4, 0.5) is 4.79 Å². The van der Waals surface area contributed by atoms with Crippen LogP contribution in [0.5, 0.6) is 5.75 Å². The van der Waals surface area contributed by atoms with Crippen LogP contribution in [-0.4, -0.2) is 18.3 Å². The Morgan fingerprint density at radius 2 is 2.06 bits per heavy atom. The molecule has 0 aromatic heterocycles. The van der Waals surface area contributed by atoms with Gasteiger partial charge in [0, 0.05) is 0 Å². The number of urea groups is 1. The smallest absolute Gasteiger partial charge is 0.332 e. The molecule has 0 aliphatic carbocycles. The van der Waals surface area contributed by atoms with Crippen molar-refractivity contribution >= 4 is 12.2 Å². The van der Waals surface area contributed by atoms with Crippen LogP contribution >= 0.6 is 0 Å². The number of primary amides is 1. The molecule has 0 saturated carbocycles. The Kier molecular flexibility index (Phi) is 4.32. The number of carbonyl (C=O) groups is 1. The number of rotatable bonds is 4. The van der Waals surface area contributed by atoms with Crippen LogP contribution in [0.2, 0.25) is 0 Å². The maximum absolute atomic E-state index is 10.3. The van der Waals surface area contributed by atoms with Gasteiger partial charge in [-0.3, -0.25) is 0 Å². The summed E-state index contributed by atoms with van der Waals surface area (Å²) in [5.74, 6) is 0.801. The molecule has 0 unspecified atom stereocenters. The van der Waals surface area contributed by atoms with E-state index in [4.69, 9.17) is 10.5 Å². The summed E-state index contributed by atoms with van der Waals surface area (Å²) in [5.41, 5.74) is 7.82. The van der Waals surface area contributed by atoms with Crippen LogP contribution in [0, 0.1) is 0 Å². The van der Waals surface area contributed by atoms with Crippen molar-refractivity contribution in [2.45, 2.75) is 20.0 Å². The minimum absolute atomic E-state index is 0.149. The second-order valence-corrected chi connectivity index (χ2v) is 3.47. The molecule has 0 radical (unpaired) electrons. The van der Waals surface area contributed by atoms with E-state index >= 15 is 0 Å². The molecule has 0 atom stereocenters. The van der Waals surface area contributed by atoms with Gasteiger partial charge in [0.15, 0.2) is 0 Å². The van der Waals surface area contributed by atoms with Gasteiger partial charge in [0.1, 0.15) is 5.75 Å². The fraction of sp³-hybridized carbons (Fsp3) is 0.273. The van der Waals surface area contributed by atoms with Crippen LogP contribution < -0.4 is 15.9 Å². The van der Waals surface area contributed by atoms with Crippen molar-refractivity contribution < 1.29 is 9.53 Å². The van der Waals surface area contributed by atoms with Gasteiger partial charge in [0.2, 0.25) is 0 Å². The molecule has 0 aliphatic heterocycles. The number of hydrogen-bond acceptors (Lipinski definition) is 3. The van der Waals surface area contributed by atoms with E-state index in [-0.39, 0.29) is 6.10 Å². The molecule has 1 rings (SSSR count). The first-order valence-electron chi connectivity index (χ1n) is 4.93. The zero-order valence-corrected chi connectivity index (χ0v) is 9.31. The summed E-state index contributed by atoms with van der Waals surface area (Å²) in [7, 11) is 0. The predicted octanol–water partition coefficient (Wildman–Crippen LogP) is 1.48. The highest BCUT2D eigenvalue weighted by Crippen LogP contribution is 2.12. The quantitative estimate of drug-likeness (QED) is 0.596. The molecule has 0 aliphatic rings. The number of nitrogens with two attached hydrogens (primary N) is 1. The molecule has 0 fully saturated rings. The van der Waals surface area contributed by atoms with Crippen molar-refractivity contribution in [1.82, 2.24) is 5.43 Å². The number of carbonyl (C=O) groups excluding carboxylic acids is 1. The Hall–Kier alpha value is -2.04. The fourth-order valence-electron chi connectivity index (χ4n) is 1.08.